The SMILES string of the molecule is CC(C)CC1(CNC(=O)c2cc(F)ccc2Br)CCCC1. The number of benzene rings is 1. The van der Waals surface area contributed by atoms with Crippen LogP contribution in [0.2, 0.25) is 0 Å². The molecular weight excluding hydrogens is 333 g/mol. The summed E-state index contributed by atoms with van der Waals surface area (Å²) in [6.45, 7) is 5.14. The molecule has 2 nitrogen and oxygen atoms in total. The lowest BCUT2D eigenvalue weighted by molar-refractivity contribution is 0.0920. The lowest BCUT2D eigenvalue weighted by atomic mass is 9.78. The number of amides is 1. The standard InChI is InChI=1S/C17H23BrFNO/c1-12(2)10-17(7-3-4-8-17)11-20-16(21)14-9-13(19)5-6-15(14)18/h5-6,9,12H,3-4,7-8,10-11H2,1-2H3,(H,20,21). The van der Waals surface area contributed by atoms with Crippen molar-refractivity contribution in [2.75, 3.05) is 6.54 Å². The van der Waals surface area contributed by atoms with E-state index in [2.05, 4.69) is 35.1 Å². The Balaban J connectivity index is 2.03. The van der Waals surface area contributed by atoms with E-state index in [1.165, 1.54) is 37.8 Å². The van der Waals surface area contributed by atoms with Gasteiger partial charge in [0.25, 0.3) is 5.91 Å². The molecule has 1 aliphatic rings. The number of rotatable bonds is 5. The Hall–Kier alpha value is -0.900. The summed E-state index contributed by atoms with van der Waals surface area (Å²) in [6, 6.07) is 4.20. The second kappa shape index (κ2) is 6.91. The topological polar surface area (TPSA) is 29.1 Å². The summed E-state index contributed by atoms with van der Waals surface area (Å²) in [6.07, 6.45) is 5.97. The van der Waals surface area contributed by atoms with Gasteiger partial charge in [-0.1, -0.05) is 26.7 Å². The van der Waals surface area contributed by atoms with Crippen LogP contribution in [0.5, 0.6) is 0 Å². The van der Waals surface area contributed by atoms with Crippen LogP contribution >= 0.6 is 15.9 Å². The average Bonchev–Trinajstić information content (AvgIpc) is 2.87. The summed E-state index contributed by atoms with van der Waals surface area (Å²) >= 11 is 3.31. The minimum absolute atomic E-state index is 0.198. The van der Waals surface area contributed by atoms with Gasteiger partial charge in [-0.3, -0.25) is 4.79 Å². The molecule has 0 aliphatic heterocycles. The summed E-state index contributed by atoms with van der Waals surface area (Å²) in [5.41, 5.74) is 0.594. The Morgan fingerprint density at radius 1 is 1.38 bits per heavy atom. The van der Waals surface area contributed by atoms with Crippen LogP contribution in [0, 0.1) is 17.2 Å². The number of halogens is 2. The van der Waals surface area contributed by atoms with E-state index in [0.29, 0.717) is 22.5 Å². The minimum atomic E-state index is -0.388. The molecule has 0 radical (unpaired) electrons. The molecule has 0 aromatic heterocycles. The summed E-state index contributed by atoms with van der Waals surface area (Å²) in [5.74, 6) is 0.0402. The normalized spacial score (nSPS) is 17.2. The van der Waals surface area contributed by atoms with Crippen molar-refractivity contribution < 1.29 is 9.18 Å². The lowest BCUT2D eigenvalue weighted by Crippen LogP contribution is -2.37. The van der Waals surface area contributed by atoms with Crippen LogP contribution in [0.25, 0.3) is 0 Å². The Morgan fingerprint density at radius 2 is 2.05 bits per heavy atom. The van der Waals surface area contributed by atoms with E-state index >= 15 is 0 Å². The molecule has 0 atom stereocenters. The highest BCUT2D eigenvalue weighted by Crippen LogP contribution is 2.42. The monoisotopic (exact) mass is 355 g/mol. The van der Waals surface area contributed by atoms with Gasteiger partial charge < -0.3 is 5.32 Å². The van der Waals surface area contributed by atoms with Crippen molar-refractivity contribution in [1.82, 2.24) is 5.32 Å². The van der Waals surface area contributed by atoms with Crippen LogP contribution in [-0.4, -0.2) is 12.5 Å². The first-order valence-electron chi connectivity index (χ1n) is 7.65. The molecule has 2 rings (SSSR count). The quantitative estimate of drug-likeness (QED) is 0.797. The first-order chi connectivity index (χ1) is 9.92. The van der Waals surface area contributed by atoms with E-state index in [1.807, 2.05) is 0 Å². The van der Waals surface area contributed by atoms with Crippen molar-refractivity contribution in [1.29, 1.82) is 0 Å². The molecular formula is C17H23BrFNO. The smallest absolute Gasteiger partial charge is 0.252 e. The van der Waals surface area contributed by atoms with Crippen LogP contribution in [0.4, 0.5) is 4.39 Å². The fourth-order valence-corrected chi connectivity index (χ4v) is 3.91. The largest absolute Gasteiger partial charge is 0.351 e. The number of carbonyl (C=O) groups is 1. The molecule has 1 aromatic carbocycles. The van der Waals surface area contributed by atoms with E-state index in [4.69, 9.17) is 0 Å². The highest BCUT2D eigenvalue weighted by atomic mass is 79.9. The maximum Gasteiger partial charge on any atom is 0.252 e. The summed E-state index contributed by atoms with van der Waals surface area (Å²) in [5, 5.41) is 3.02. The molecule has 4 heteroatoms. The number of nitrogens with one attached hydrogen (secondary N) is 1. The molecule has 0 saturated heterocycles. The fourth-order valence-electron chi connectivity index (χ4n) is 3.48. The second-order valence-electron chi connectivity index (χ2n) is 6.61. The molecule has 0 heterocycles. The molecule has 1 fully saturated rings. The Morgan fingerprint density at radius 3 is 2.67 bits per heavy atom. The van der Waals surface area contributed by atoms with Gasteiger partial charge in [-0.05, 0) is 64.7 Å². The predicted octanol–water partition coefficient (Wildman–Crippen LogP) is 4.92. The summed E-state index contributed by atoms with van der Waals surface area (Å²) in [7, 11) is 0. The first-order valence-corrected chi connectivity index (χ1v) is 8.44. The van der Waals surface area contributed by atoms with Crippen molar-refractivity contribution in [2.24, 2.45) is 11.3 Å². The van der Waals surface area contributed by atoms with E-state index < -0.39 is 0 Å². The Kier molecular flexibility index (Phi) is 5.42. The molecule has 1 N–H and O–H groups in total. The molecule has 21 heavy (non-hydrogen) atoms. The third kappa shape index (κ3) is 4.29. The van der Waals surface area contributed by atoms with Gasteiger partial charge in [-0.25, -0.2) is 4.39 Å². The summed E-state index contributed by atoms with van der Waals surface area (Å²) in [4.78, 5) is 12.3. The highest BCUT2D eigenvalue weighted by Gasteiger charge is 2.34. The molecule has 1 amide bonds. The maximum absolute atomic E-state index is 13.3. The Labute approximate surface area is 134 Å². The zero-order chi connectivity index (χ0) is 15.5. The zero-order valence-electron chi connectivity index (χ0n) is 12.7. The summed E-state index contributed by atoms with van der Waals surface area (Å²) < 4.78 is 13.9. The Bertz CT molecular complexity index is 510. The molecule has 0 bridgehead atoms. The minimum Gasteiger partial charge on any atom is -0.351 e. The van der Waals surface area contributed by atoms with Crippen LogP contribution in [-0.2, 0) is 0 Å². The van der Waals surface area contributed by atoms with E-state index in [0.717, 1.165) is 6.42 Å². The van der Waals surface area contributed by atoms with Crippen LogP contribution < -0.4 is 5.32 Å². The second-order valence-corrected chi connectivity index (χ2v) is 7.47. The van der Waals surface area contributed by atoms with Crippen LogP contribution in [0.3, 0.4) is 0 Å². The van der Waals surface area contributed by atoms with E-state index in [1.54, 1.807) is 6.07 Å². The lowest BCUT2D eigenvalue weighted by Gasteiger charge is -2.31. The van der Waals surface area contributed by atoms with Crippen molar-refractivity contribution in [2.45, 2.75) is 46.0 Å². The van der Waals surface area contributed by atoms with Gasteiger partial charge in [0, 0.05) is 11.0 Å². The molecule has 1 saturated carbocycles. The van der Waals surface area contributed by atoms with Gasteiger partial charge in [0.15, 0.2) is 0 Å². The van der Waals surface area contributed by atoms with Gasteiger partial charge in [-0.2, -0.15) is 0 Å². The molecule has 1 aliphatic carbocycles. The van der Waals surface area contributed by atoms with Crippen molar-refractivity contribution >= 4 is 21.8 Å². The van der Waals surface area contributed by atoms with Gasteiger partial charge in [-0.15, -0.1) is 0 Å². The van der Waals surface area contributed by atoms with Crippen LogP contribution in [0.1, 0.15) is 56.3 Å². The fraction of sp³-hybridized carbons (Fsp3) is 0.588. The molecule has 116 valence electrons. The number of hydrogen-bond donors (Lipinski definition) is 1. The van der Waals surface area contributed by atoms with Gasteiger partial charge in [0.05, 0.1) is 5.56 Å². The zero-order valence-corrected chi connectivity index (χ0v) is 14.3. The predicted molar refractivity (Wildman–Crippen MR) is 86.8 cm³/mol. The van der Waals surface area contributed by atoms with Crippen molar-refractivity contribution in [3.8, 4) is 0 Å². The van der Waals surface area contributed by atoms with Crippen LogP contribution in [0.15, 0.2) is 22.7 Å². The molecule has 0 unspecified atom stereocenters. The van der Waals surface area contributed by atoms with Crippen molar-refractivity contribution in [3.05, 3.63) is 34.1 Å². The number of carbonyl (C=O) groups excluding carboxylic acids is 1. The highest BCUT2D eigenvalue weighted by molar-refractivity contribution is 9.10. The average molecular weight is 356 g/mol. The van der Waals surface area contributed by atoms with Gasteiger partial charge in [0.1, 0.15) is 5.82 Å². The third-order valence-electron chi connectivity index (χ3n) is 4.30. The molecule has 0 spiro atoms. The van der Waals surface area contributed by atoms with E-state index in [9.17, 15) is 9.18 Å². The van der Waals surface area contributed by atoms with Gasteiger partial charge in [0.2, 0.25) is 0 Å². The number of hydrogen-bond acceptors (Lipinski definition) is 1. The molecule has 1 aromatic rings. The maximum atomic E-state index is 13.3. The first kappa shape index (κ1) is 16.5. The third-order valence-corrected chi connectivity index (χ3v) is 4.99. The van der Waals surface area contributed by atoms with Gasteiger partial charge >= 0.3 is 0 Å². The van der Waals surface area contributed by atoms with Crippen molar-refractivity contribution in [3.63, 3.8) is 0 Å². The van der Waals surface area contributed by atoms with E-state index in [-0.39, 0.29) is 17.1 Å².